The molecule has 85 heteroatoms. The number of ether oxygens (including phenoxy) is 10. The molecule has 0 aromatic heterocycles. The number of alkyl halides is 62. The molecule has 4 aliphatic rings. The van der Waals surface area contributed by atoms with Gasteiger partial charge >= 0.3 is 323 Å². The number of hydrogen-bond donors (Lipinski definition) is 4. The largest absolute Gasteiger partial charge is 1.00 e. The molecule has 131 heavy (non-hydrogen) atoms. The van der Waals surface area contributed by atoms with E-state index >= 15 is 0 Å². The maximum absolute atomic E-state index is 15.0. The number of halogens is 66. The van der Waals surface area contributed by atoms with E-state index in [1.165, 1.54) is 0 Å². The van der Waals surface area contributed by atoms with E-state index in [-0.39, 0.29) is 111 Å². The first-order valence-corrected chi connectivity index (χ1v) is 28.5. The van der Waals surface area contributed by atoms with Crippen LogP contribution in [0.4, 0.5) is 290 Å². The van der Waals surface area contributed by atoms with Gasteiger partial charge in [0.2, 0.25) is 0 Å². The van der Waals surface area contributed by atoms with Gasteiger partial charge in [-0.15, -0.1) is 0 Å². The number of carbonyl (C=O) groups is 1. The topological polar surface area (TPSA) is 223 Å². The molecule has 4 rings (SSSR count). The summed E-state index contributed by atoms with van der Waals surface area (Å²) in [5.74, 6) is -177. The van der Waals surface area contributed by atoms with Gasteiger partial charge in [-0.2, -0.15) is 290 Å². The zero-order chi connectivity index (χ0) is 105. The van der Waals surface area contributed by atoms with Crippen LogP contribution in [0, 0.1) is 10.8 Å². The zero-order valence-electron chi connectivity index (χ0n) is 59.5. The minimum atomic E-state index is -9.07. The predicted octanol–water partition coefficient (Wildman–Crippen LogP) is 11.7. The molecule has 770 valence electrons. The Morgan fingerprint density at radius 2 is 0.405 bits per heavy atom. The van der Waals surface area contributed by atoms with Gasteiger partial charge in [-0.1, -0.05) is 0 Å². The number of rotatable bonds is 31. The van der Waals surface area contributed by atoms with Gasteiger partial charge in [-0.25, -0.2) is 0 Å². The van der Waals surface area contributed by atoms with Crippen LogP contribution in [-0.4, -0.2) is 265 Å². The molecule has 0 aromatic carbocycles. The summed E-state index contributed by atoms with van der Waals surface area (Å²) in [5, 5.41) is 40.0. The van der Waals surface area contributed by atoms with Gasteiger partial charge in [0.05, 0.1) is 0 Å². The zero-order valence-corrected chi connectivity index (χ0v) is 64.8. The van der Waals surface area contributed by atoms with E-state index in [1.807, 2.05) is 0 Å². The molecule has 17 nitrogen and oxygen atoms in total. The fraction of sp³-hybridized carbons (Fsp3) is 0.891. The molecule has 4 saturated heterocycles. The van der Waals surface area contributed by atoms with Crippen molar-refractivity contribution in [2.45, 2.75) is 198 Å². The second kappa shape index (κ2) is 37.4. The van der Waals surface area contributed by atoms with Crippen LogP contribution in [0.25, 0.3) is 0 Å². The van der Waals surface area contributed by atoms with E-state index in [4.69, 9.17) is 30.5 Å². The van der Waals surface area contributed by atoms with Crippen LogP contribution in [0.1, 0.15) is 1.43 Å². The second-order valence-electron chi connectivity index (χ2n) is 23.6. The summed E-state index contributed by atoms with van der Waals surface area (Å²) >= 11 is 0. The summed E-state index contributed by atoms with van der Waals surface area (Å²) in [6, 6.07) is 0. The molecule has 0 unspecified atom stereocenters. The SMILES string of the molecule is FC(F)=C1OC(F)(F)C2(C(F)(F)O1)C(F)(F)OC(=C(F)F)OC2(F)F.O=CO[O-].OCC(F)(F)C(F)(F)C(F)(F)C(F)(F)C(F)(F)C(F)(F)C(F)(F)CO.OCC(F)(F)C(F)(F)C(F)(F)C(F)(F)C(F)(F)C(F)(F)C(F)(F)COC(F)(F)C1OC(F)(F)C2(C(F)(F)O1)C(F)(F)OC(C(F)(F)OCC(F)(F)C(F)(F)C(F)(F)C(F)(F)C(F)(F)C(F)(F)C(F)(F)CO)OC2(F)F.[H-].[K+].[K+]. The Morgan fingerprint density at radius 1 is 0.275 bits per heavy atom. The minimum absolute atomic E-state index is 0. The minimum Gasteiger partial charge on any atom is -1.00 e. The van der Waals surface area contributed by atoms with E-state index in [9.17, 15) is 290 Å². The van der Waals surface area contributed by atoms with Crippen LogP contribution in [0.5, 0.6) is 0 Å². The van der Waals surface area contributed by atoms with Gasteiger partial charge in [0.25, 0.3) is 19.1 Å². The van der Waals surface area contributed by atoms with Crippen LogP contribution in [0.2, 0.25) is 0 Å². The average molecular weight is 2180 g/mol. The summed E-state index contributed by atoms with van der Waals surface area (Å²) in [6.45, 7) is -24.1. The molecule has 0 aromatic rings. The summed E-state index contributed by atoms with van der Waals surface area (Å²) in [4.78, 5) is 11.2. The van der Waals surface area contributed by atoms with E-state index in [2.05, 4.69) is 52.3 Å². The van der Waals surface area contributed by atoms with E-state index < -0.39 is 273 Å². The first-order chi connectivity index (χ1) is 55.7. The van der Waals surface area contributed by atoms with Crippen molar-refractivity contribution in [3.8, 4) is 0 Å². The van der Waals surface area contributed by atoms with Crippen LogP contribution in [0.15, 0.2) is 24.1 Å². The number of aliphatic hydroxyl groups is 4. The first-order valence-electron chi connectivity index (χ1n) is 28.5. The molecule has 0 amide bonds. The molecular formula is C46H20F66K2O17. The van der Waals surface area contributed by atoms with Gasteiger partial charge in [-0.3, -0.25) is 23.7 Å². The molecule has 2 spiro atoms. The van der Waals surface area contributed by atoms with Crippen molar-refractivity contribution in [3.63, 3.8) is 0 Å². The summed E-state index contributed by atoms with van der Waals surface area (Å²) < 4.78 is 923. The number of carbonyl (C=O) groups excluding carboxylic acids is 1. The van der Waals surface area contributed by atoms with Crippen LogP contribution in [0.3, 0.4) is 0 Å². The third-order valence-electron chi connectivity index (χ3n) is 15.5. The fourth-order valence-electron chi connectivity index (χ4n) is 8.46. The molecule has 4 N–H and O–H groups in total. The van der Waals surface area contributed by atoms with Crippen molar-refractivity contribution >= 4 is 6.47 Å². The third kappa shape index (κ3) is 19.4. The van der Waals surface area contributed by atoms with Crippen LogP contribution >= 0.6 is 0 Å². The second-order valence-corrected chi connectivity index (χ2v) is 23.6. The van der Waals surface area contributed by atoms with Gasteiger partial charge < -0.3 is 60.4 Å². The van der Waals surface area contributed by atoms with Crippen molar-refractivity contribution in [2.24, 2.45) is 10.8 Å². The quantitative estimate of drug-likeness (QED) is 0.0167. The van der Waals surface area contributed by atoms with Gasteiger partial charge in [0.1, 0.15) is 39.6 Å². The van der Waals surface area contributed by atoms with Crippen molar-refractivity contribution in [2.75, 3.05) is 39.6 Å². The predicted molar refractivity (Wildman–Crippen MR) is 241 cm³/mol. The molecule has 4 aliphatic heterocycles. The molecule has 0 radical (unpaired) electrons. The maximum atomic E-state index is 15.0. The Morgan fingerprint density at radius 3 is 0.534 bits per heavy atom. The van der Waals surface area contributed by atoms with Crippen molar-refractivity contribution in [1.82, 2.24) is 0 Å². The summed E-state index contributed by atoms with van der Waals surface area (Å²) in [5.41, 5.74) is -14.7. The van der Waals surface area contributed by atoms with Gasteiger partial charge in [0.15, 0.2) is 0 Å². The number of hydrogen-bond acceptors (Lipinski definition) is 17. The van der Waals surface area contributed by atoms with Crippen LogP contribution < -0.4 is 108 Å². The van der Waals surface area contributed by atoms with E-state index in [0.717, 1.165) is 0 Å². The summed E-state index contributed by atoms with van der Waals surface area (Å²) in [7, 11) is 0. The summed E-state index contributed by atoms with van der Waals surface area (Å²) in [6.07, 6.45) is -92.5. The van der Waals surface area contributed by atoms with Gasteiger partial charge in [0, 0.05) is 0 Å². The Hall–Kier alpha value is -3.64. The smallest absolute Gasteiger partial charge is 1.00 e. The van der Waals surface area contributed by atoms with Crippen molar-refractivity contribution in [1.29, 1.82) is 0 Å². The van der Waals surface area contributed by atoms with E-state index in [1.54, 1.807) is 0 Å². The van der Waals surface area contributed by atoms with Crippen LogP contribution in [-0.2, 0) is 57.1 Å². The Kier molecular flexibility index (Phi) is 37.0. The molecular weight excluding hydrogens is 2160 g/mol. The Labute approximate surface area is 751 Å². The van der Waals surface area contributed by atoms with Crippen molar-refractivity contribution in [3.05, 3.63) is 24.1 Å². The molecule has 0 atom stereocenters. The molecule has 0 bridgehead atoms. The van der Waals surface area contributed by atoms with Crippen molar-refractivity contribution < 1.29 is 477 Å². The monoisotopic (exact) mass is 2180 g/mol. The fourth-order valence-corrected chi connectivity index (χ4v) is 8.46. The average Bonchev–Trinajstić information content (AvgIpc) is 0.660. The van der Waals surface area contributed by atoms with E-state index in [0.29, 0.717) is 0 Å². The molecule has 4 fully saturated rings. The normalized spacial score (nSPS) is 23.4. The molecule has 4 heterocycles. The molecule has 0 aliphatic carbocycles. The Balaban J connectivity index is -0.00000235. The first kappa shape index (κ1) is 129. The van der Waals surface area contributed by atoms with Gasteiger partial charge in [-0.05, 0) is 0 Å². The Bertz CT molecular complexity index is 3640. The molecule has 0 saturated carbocycles. The maximum Gasteiger partial charge on any atom is 1.00 e. The number of aliphatic hydroxyl groups excluding tert-OH is 4. The third-order valence-corrected chi connectivity index (χ3v) is 15.5. The standard InChI is InChI=1S/C27H12F40O8.C9H6F14O2.C9F12O4.CH2O3.2K.H/c28-7(29,1-68)14(40,41)18(48,49)22(56,57)20(52,53)16(44,45)9(32,33)3-70-11(36,37)5-72-24(60,61)13(25(62,63)73-5)26(64,65)74-6(75-27(13,66)67)12(38,39)71-4-10(34,35)17(46,47)21(54,55)23(58,59)19(50,51)15(42,43)8(30,31)2-69;10-3(11,1-24)5(14,15)7(18,19)9(22,23)8(20,21)6(16,17)4(12,13)2-25;10-1(11)3-22-6(14,15)5(7(16,17)23-3)8(18,19)24-4(2(12)13)25-9(5,20)21;2-1-4-3;;;/h5-6,68-69H,1-4H2;24-25H,1-2H2;;1,3H;;;/q;;;;2*+1;-1/p-1.